The summed E-state index contributed by atoms with van der Waals surface area (Å²) in [5.41, 5.74) is 1.03. The highest BCUT2D eigenvalue weighted by Crippen LogP contribution is 2.15. The second-order valence-corrected chi connectivity index (χ2v) is 4.87. The Kier molecular flexibility index (Phi) is 5.96. The molecule has 2 N–H and O–H groups in total. The molecular formula is C14H20N2O4. The number of nitrogens with zero attached hydrogens (tertiary/aromatic N) is 2. The van der Waals surface area contributed by atoms with Gasteiger partial charge >= 0.3 is 11.9 Å². The first-order valence-electron chi connectivity index (χ1n) is 6.52. The molecule has 20 heavy (non-hydrogen) atoms. The number of anilines is 1. The van der Waals surface area contributed by atoms with Gasteiger partial charge in [-0.3, -0.25) is 9.59 Å². The Morgan fingerprint density at radius 1 is 1.40 bits per heavy atom. The summed E-state index contributed by atoms with van der Waals surface area (Å²) in [4.78, 5) is 27.6. The highest BCUT2D eigenvalue weighted by molar-refractivity contribution is 5.70. The number of aliphatic carboxylic acids is 2. The van der Waals surface area contributed by atoms with Crippen LogP contribution in [0.2, 0.25) is 0 Å². The lowest BCUT2D eigenvalue weighted by Crippen LogP contribution is -2.33. The lowest BCUT2D eigenvalue weighted by molar-refractivity contribution is -0.141. The van der Waals surface area contributed by atoms with Crippen LogP contribution in [0.15, 0.2) is 18.3 Å². The van der Waals surface area contributed by atoms with Crippen molar-refractivity contribution >= 4 is 17.8 Å². The molecule has 1 rings (SSSR count). The average Bonchev–Trinajstić information content (AvgIpc) is 2.36. The largest absolute Gasteiger partial charge is 0.481 e. The van der Waals surface area contributed by atoms with Crippen molar-refractivity contribution in [2.24, 2.45) is 5.92 Å². The van der Waals surface area contributed by atoms with Crippen LogP contribution in [0.1, 0.15) is 25.3 Å². The van der Waals surface area contributed by atoms with E-state index >= 15 is 0 Å². The summed E-state index contributed by atoms with van der Waals surface area (Å²) >= 11 is 0. The molecule has 0 amide bonds. The van der Waals surface area contributed by atoms with Gasteiger partial charge in [0.05, 0.1) is 5.92 Å². The molecule has 0 fully saturated rings. The van der Waals surface area contributed by atoms with Crippen molar-refractivity contribution in [2.75, 3.05) is 18.0 Å². The van der Waals surface area contributed by atoms with Crippen LogP contribution in [-0.4, -0.2) is 40.2 Å². The van der Waals surface area contributed by atoms with Crippen molar-refractivity contribution in [3.8, 4) is 0 Å². The number of aryl methyl sites for hydroxylation is 1. The van der Waals surface area contributed by atoms with Gasteiger partial charge in [0.25, 0.3) is 0 Å². The molecule has 0 aliphatic rings. The Labute approximate surface area is 118 Å². The van der Waals surface area contributed by atoms with Gasteiger partial charge in [-0.1, -0.05) is 6.92 Å². The summed E-state index contributed by atoms with van der Waals surface area (Å²) < 4.78 is 0. The molecular weight excluding hydrogens is 260 g/mol. The predicted molar refractivity (Wildman–Crippen MR) is 74.9 cm³/mol. The van der Waals surface area contributed by atoms with Gasteiger partial charge in [0.15, 0.2) is 0 Å². The van der Waals surface area contributed by atoms with Crippen molar-refractivity contribution in [3.05, 3.63) is 23.9 Å². The summed E-state index contributed by atoms with van der Waals surface area (Å²) in [7, 11) is 0. The number of aromatic nitrogens is 1. The molecule has 0 saturated carbocycles. The lowest BCUT2D eigenvalue weighted by atomic mass is 10.1. The summed E-state index contributed by atoms with van der Waals surface area (Å²) in [5.74, 6) is -1.58. The highest BCUT2D eigenvalue weighted by Gasteiger charge is 2.17. The molecule has 110 valence electrons. The number of hydrogen-bond acceptors (Lipinski definition) is 4. The van der Waals surface area contributed by atoms with Crippen LogP contribution in [0.3, 0.4) is 0 Å². The lowest BCUT2D eigenvalue weighted by Gasteiger charge is -2.25. The second kappa shape index (κ2) is 7.47. The van der Waals surface area contributed by atoms with E-state index in [-0.39, 0.29) is 6.42 Å². The van der Waals surface area contributed by atoms with Gasteiger partial charge in [0, 0.05) is 25.7 Å². The maximum Gasteiger partial charge on any atom is 0.308 e. The van der Waals surface area contributed by atoms with Gasteiger partial charge < -0.3 is 15.1 Å². The molecule has 0 spiro atoms. The van der Waals surface area contributed by atoms with E-state index in [1.807, 2.05) is 24.0 Å². The van der Waals surface area contributed by atoms with E-state index in [9.17, 15) is 9.59 Å². The van der Waals surface area contributed by atoms with Crippen molar-refractivity contribution in [3.63, 3.8) is 0 Å². The van der Waals surface area contributed by atoms with Crippen LogP contribution in [0.25, 0.3) is 0 Å². The monoisotopic (exact) mass is 280 g/mol. The van der Waals surface area contributed by atoms with Gasteiger partial charge in [-0.2, -0.15) is 0 Å². The summed E-state index contributed by atoms with van der Waals surface area (Å²) in [6, 6.07) is 3.73. The Morgan fingerprint density at radius 3 is 2.65 bits per heavy atom. The van der Waals surface area contributed by atoms with Gasteiger partial charge in [-0.15, -0.1) is 0 Å². The molecule has 6 nitrogen and oxygen atoms in total. The zero-order valence-corrected chi connectivity index (χ0v) is 11.7. The van der Waals surface area contributed by atoms with E-state index in [0.717, 1.165) is 5.56 Å². The van der Waals surface area contributed by atoms with Crippen LogP contribution in [0.4, 0.5) is 5.82 Å². The predicted octanol–water partition coefficient (Wildman–Crippen LogP) is 1.78. The first-order chi connectivity index (χ1) is 9.40. The van der Waals surface area contributed by atoms with Gasteiger partial charge in [0.1, 0.15) is 5.82 Å². The normalized spacial score (nSPS) is 11.9. The van der Waals surface area contributed by atoms with E-state index < -0.39 is 17.9 Å². The fourth-order valence-electron chi connectivity index (χ4n) is 1.82. The maximum absolute atomic E-state index is 11.0. The minimum Gasteiger partial charge on any atom is -0.481 e. The molecule has 0 aliphatic heterocycles. The molecule has 6 heteroatoms. The number of carboxylic acid groups (broad SMARTS) is 2. The quantitative estimate of drug-likeness (QED) is 0.754. The zero-order chi connectivity index (χ0) is 15.1. The second-order valence-electron chi connectivity index (χ2n) is 4.87. The van der Waals surface area contributed by atoms with Crippen LogP contribution < -0.4 is 4.90 Å². The number of pyridine rings is 1. The number of carbonyl (C=O) groups is 2. The number of carboxylic acids is 2. The first-order valence-corrected chi connectivity index (χ1v) is 6.52. The van der Waals surface area contributed by atoms with Gasteiger partial charge in [-0.25, -0.2) is 4.98 Å². The summed E-state index contributed by atoms with van der Waals surface area (Å²) in [5, 5.41) is 17.7. The average molecular weight is 280 g/mol. The van der Waals surface area contributed by atoms with E-state index in [1.165, 1.54) is 0 Å². The molecule has 0 saturated heterocycles. The van der Waals surface area contributed by atoms with E-state index in [0.29, 0.717) is 25.3 Å². The van der Waals surface area contributed by atoms with Crippen molar-refractivity contribution in [1.82, 2.24) is 4.98 Å². The first kappa shape index (κ1) is 15.9. The number of rotatable bonds is 8. The minimum absolute atomic E-state index is 0.0593. The van der Waals surface area contributed by atoms with Crippen molar-refractivity contribution in [1.29, 1.82) is 0 Å². The molecule has 0 bridgehead atoms. The highest BCUT2D eigenvalue weighted by atomic mass is 16.4. The SMILES string of the molecule is Cc1ccnc(N(CCCC(=O)O)CC(C)C(=O)O)c1. The molecule has 1 aromatic rings. The number of hydrogen-bond donors (Lipinski definition) is 2. The smallest absolute Gasteiger partial charge is 0.308 e. The molecule has 1 aromatic heterocycles. The summed E-state index contributed by atoms with van der Waals surface area (Å²) in [6.07, 6.45) is 2.18. The fourth-order valence-corrected chi connectivity index (χ4v) is 1.82. The minimum atomic E-state index is -0.874. The van der Waals surface area contributed by atoms with E-state index in [1.54, 1.807) is 13.1 Å². The van der Waals surface area contributed by atoms with Crippen LogP contribution in [0.5, 0.6) is 0 Å². The Morgan fingerprint density at radius 2 is 2.10 bits per heavy atom. The Bertz CT molecular complexity index is 476. The third-order valence-electron chi connectivity index (χ3n) is 2.96. The topological polar surface area (TPSA) is 90.7 Å². The van der Waals surface area contributed by atoms with Gasteiger partial charge in [-0.05, 0) is 31.0 Å². The van der Waals surface area contributed by atoms with Crippen LogP contribution >= 0.6 is 0 Å². The molecule has 0 aromatic carbocycles. The molecule has 0 radical (unpaired) electrons. The van der Waals surface area contributed by atoms with Crippen molar-refractivity contribution < 1.29 is 19.8 Å². The van der Waals surface area contributed by atoms with E-state index in [4.69, 9.17) is 10.2 Å². The fraction of sp³-hybridized carbons (Fsp3) is 0.500. The molecule has 0 aliphatic carbocycles. The maximum atomic E-state index is 11.0. The molecule has 1 atom stereocenters. The molecule has 1 unspecified atom stereocenters. The van der Waals surface area contributed by atoms with E-state index in [2.05, 4.69) is 4.98 Å². The standard InChI is InChI=1S/C14H20N2O4/c1-10-5-6-15-12(8-10)16(7-3-4-13(17)18)9-11(2)14(19)20/h5-6,8,11H,3-4,7,9H2,1-2H3,(H,17,18)(H,19,20). The van der Waals surface area contributed by atoms with Gasteiger partial charge in [0.2, 0.25) is 0 Å². The van der Waals surface area contributed by atoms with Crippen LogP contribution in [0, 0.1) is 12.8 Å². The zero-order valence-electron chi connectivity index (χ0n) is 11.7. The third-order valence-corrected chi connectivity index (χ3v) is 2.96. The summed E-state index contributed by atoms with van der Waals surface area (Å²) in [6.45, 7) is 4.34. The van der Waals surface area contributed by atoms with Crippen molar-refractivity contribution in [2.45, 2.75) is 26.7 Å². The van der Waals surface area contributed by atoms with Crippen LogP contribution in [-0.2, 0) is 9.59 Å². The third kappa shape index (κ3) is 5.26. The Balaban J connectivity index is 2.77. The molecule has 1 heterocycles. The Hall–Kier alpha value is -2.11.